The number of primary sulfonamides is 1. The zero-order chi connectivity index (χ0) is 22.1. The van der Waals surface area contributed by atoms with E-state index >= 15 is 0 Å². The Morgan fingerprint density at radius 1 is 1.14 bits per heavy atom. The van der Waals surface area contributed by atoms with Gasteiger partial charge in [-0.15, -0.1) is 0 Å². The molecule has 12 nitrogen and oxygen atoms in total. The Morgan fingerprint density at radius 3 is 2.31 bits per heavy atom. The smallest absolute Gasteiger partial charge is 0.342 e. The molecule has 1 heterocycles. The number of anilines is 1. The minimum Gasteiger partial charge on any atom is -0.496 e. The molecule has 0 aliphatic heterocycles. The van der Waals surface area contributed by atoms with Crippen molar-refractivity contribution in [1.82, 2.24) is 9.13 Å². The quantitative estimate of drug-likeness (QED) is 0.404. The Labute approximate surface area is 164 Å². The molecule has 0 atom stereocenters. The lowest BCUT2D eigenvalue weighted by Gasteiger charge is -2.12. The highest BCUT2D eigenvalue weighted by Gasteiger charge is 2.23. The summed E-state index contributed by atoms with van der Waals surface area (Å²) in [4.78, 5) is 48.3. The Morgan fingerprint density at radius 2 is 1.76 bits per heavy atom. The topological polar surface area (TPSA) is 183 Å². The van der Waals surface area contributed by atoms with Crippen LogP contribution in [0, 0.1) is 0 Å². The third-order valence-corrected chi connectivity index (χ3v) is 4.95. The molecule has 4 N–H and O–H groups in total. The maximum absolute atomic E-state index is 12.4. The maximum atomic E-state index is 12.4. The summed E-state index contributed by atoms with van der Waals surface area (Å²) in [7, 11) is -0.437. The van der Waals surface area contributed by atoms with Crippen molar-refractivity contribution >= 4 is 27.6 Å². The summed E-state index contributed by atoms with van der Waals surface area (Å²) in [6.07, 6.45) is 0. The van der Waals surface area contributed by atoms with Crippen molar-refractivity contribution in [2.45, 2.75) is 4.90 Å². The number of nitrogens with two attached hydrogens (primary N) is 2. The molecule has 0 amide bonds. The molecule has 1 aromatic heterocycles. The second-order valence-electron chi connectivity index (χ2n) is 5.87. The average molecular weight is 426 g/mol. The Hall–Kier alpha value is -3.45. The third-order valence-electron chi connectivity index (χ3n) is 4.04. The molecule has 0 bridgehead atoms. The molecule has 2 aromatic rings. The first-order valence-electron chi connectivity index (χ1n) is 7.86. The summed E-state index contributed by atoms with van der Waals surface area (Å²) >= 11 is 0. The normalized spacial score (nSPS) is 11.2. The predicted octanol–water partition coefficient (Wildman–Crippen LogP) is -1.64. The summed E-state index contributed by atoms with van der Waals surface area (Å²) in [5, 5.41) is 5.04. The van der Waals surface area contributed by atoms with Gasteiger partial charge in [0.05, 0.1) is 12.0 Å². The van der Waals surface area contributed by atoms with Crippen LogP contribution in [0.4, 0.5) is 5.82 Å². The van der Waals surface area contributed by atoms with E-state index < -0.39 is 45.2 Å². The van der Waals surface area contributed by atoms with Crippen LogP contribution in [0.25, 0.3) is 0 Å². The van der Waals surface area contributed by atoms with Crippen LogP contribution in [0.3, 0.4) is 0 Å². The first kappa shape index (κ1) is 21.8. The van der Waals surface area contributed by atoms with Crippen LogP contribution >= 0.6 is 0 Å². The van der Waals surface area contributed by atoms with Crippen molar-refractivity contribution in [2.75, 3.05) is 19.5 Å². The predicted molar refractivity (Wildman–Crippen MR) is 100 cm³/mol. The molecule has 0 spiro atoms. The summed E-state index contributed by atoms with van der Waals surface area (Å²) in [5.74, 6) is -2.45. The molecule has 0 aliphatic carbocycles. The fourth-order valence-corrected chi connectivity index (χ4v) is 2.97. The summed E-state index contributed by atoms with van der Waals surface area (Å²) in [5.41, 5.74) is 3.18. The van der Waals surface area contributed by atoms with E-state index in [-0.39, 0.29) is 22.0 Å². The lowest BCUT2D eigenvalue weighted by atomic mass is 10.2. The van der Waals surface area contributed by atoms with Gasteiger partial charge in [0.25, 0.3) is 5.56 Å². The lowest BCUT2D eigenvalue weighted by Crippen LogP contribution is -2.42. The van der Waals surface area contributed by atoms with E-state index in [4.69, 9.17) is 20.3 Å². The molecular formula is C16H18N4O8S. The van der Waals surface area contributed by atoms with Gasteiger partial charge in [-0.05, 0) is 18.2 Å². The number of hydrogen-bond acceptors (Lipinski definition) is 9. The first-order chi connectivity index (χ1) is 13.4. The molecule has 29 heavy (non-hydrogen) atoms. The van der Waals surface area contributed by atoms with Gasteiger partial charge in [0.15, 0.2) is 6.61 Å². The number of Topliss-reactive ketones (excluding diaryl/α,β-unsaturated/α-hetero) is 1. The van der Waals surface area contributed by atoms with E-state index in [1.54, 1.807) is 0 Å². The zero-order valence-electron chi connectivity index (χ0n) is 15.7. The van der Waals surface area contributed by atoms with Gasteiger partial charge in [0.2, 0.25) is 15.8 Å². The van der Waals surface area contributed by atoms with E-state index in [1.807, 2.05) is 0 Å². The van der Waals surface area contributed by atoms with Crippen molar-refractivity contribution in [1.29, 1.82) is 0 Å². The molecule has 156 valence electrons. The number of nitrogens with zero attached hydrogens (tertiary/aromatic N) is 2. The summed E-state index contributed by atoms with van der Waals surface area (Å²) in [6, 6.07) is 3.25. The van der Waals surface area contributed by atoms with Gasteiger partial charge < -0.3 is 15.2 Å². The van der Waals surface area contributed by atoms with Crippen molar-refractivity contribution in [3.8, 4) is 5.75 Å². The van der Waals surface area contributed by atoms with Crippen LogP contribution in [-0.4, -0.2) is 43.0 Å². The Kier molecular flexibility index (Phi) is 5.94. The van der Waals surface area contributed by atoms with Gasteiger partial charge in [-0.2, -0.15) is 0 Å². The van der Waals surface area contributed by atoms with Gasteiger partial charge in [-0.1, -0.05) is 0 Å². The van der Waals surface area contributed by atoms with Gasteiger partial charge in [-0.3, -0.25) is 18.7 Å². The van der Waals surface area contributed by atoms with Crippen molar-refractivity contribution in [3.05, 3.63) is 50.2 Å². The van der Waals surface area contributed by atoms with Gasteiger partial charge in [-0.25, -0.2) is 23.1 Å². The number of carbonyl (C=O) groups is 2. The minimum absolute atomic E-state index is 0.0209. The molecule has 1 aromatic carbocycles. The highest BCUT2D eigenvalue weighted by atomic mass is 32.2. The van der Waals surface area contributed by atoms with Crippen molar-refractivity contribution < 1.29 is 27.5 Å². The molecule has 0 radical (unpaired) electrons. The van der Waals surface area contributed by atoms with Gasteiger partial charge in [0.1, 0.15) is 22.7 Å². The number of hydrogen-bond donors (Lipinski definition) is 2. The fraction of sp³-hybridized carbons (Fsp3) is 0.250. The average Bonchev–Trinajstić information content (AvgIpc) is 2.67. The summed E-state index contributed by atoms with van der Waals surface area (Å²) in [6.45, 7) is -0.890. The van der Waals surface area contributed by atoms with Crippen LogP contribution in [0.1, 0.15) is 20.7 Å². The van der Waals surface area contributed by atoms with Crippen LogP contribution < -0.4 is 26.9 Å². The van der Waals surface area contributed by atoms with E-state index in [0.717, 1.165) is 23.7 Å². The number of ether oxygens (including phenoxy) is 2. The lowest BCUT2D eigenvalue weighted by molar-refractivity contribution is 0.0470. The van der Waals surface area contributed by atoms with Crippen LogP contribution in [0.15, 0.2) is 32.7 Å². The highest BCUT2D eigenvalue weighted by molar-refractivity contribution is 7.89. The molecule has 13 heteroatoms. The van der Waals surface area contributed by atoms with E-state index in [0.29, 0.717) is 4.57 Å². The fourth-order valence-electron chi connectivity index (χ4n) is 2.43. The number of esters is 1. The Balaban J connectivity index is 2.34. The molecule has 0 aliphatic rings. The van der Waals surface area contributed by atoms with E-state index in [9.17, 15) is 27.6 Å². The van der Waals surface area contributed by atoms with Gasteiger partial charge in [0, 0.05) is 14.1 Å². The minimum atomic E-state index is -4.11. The highest BCUT2D eigenvalue weighted by Crippen LogP contribution is 2.23. The number of benzene rings is 1. The number of carbonyl (C=O) groups excluding carboxylic acids is 2. The number of sulfonamides is 1. The molecule has 0 saturated carbocycles. The summed E-state index contributed by atoms with van der Waals surface area (Å²) < 4.78 is 34.4. The first-order valence-corrected chi connectivity index (χ1v) is 9.41. The second kappa shape index (κ2) is 7.89. The number of aromatic nitrogens is 2. The number of rotatable bonds is 6. The third kappa shape index (κ3) is 4.20. The molecular weight excluding hydrogens is 408 g/mol. The van der Waals surface area contributed by atoms with E-state index in [2.05, 4.69) is 0 Å². The standard InChI is InChI=1S/C16H18N4O8S/c1-19-13(17)12(14(22)20(2)16(19)24)10(21)7-28-15(23)9-6-8(29(18,25)26)4-5-11(9)27-3/h4-6H,7,17H2,1-3H3,(H2,18,25,26). The van der Waals surface area contributed by atoms with Crippen molar-refractivity contribution in [2.24, 2.45) is 19.2 Å². The number of methoxy groups -OCH3 is 1. The SMILES string of the molecule is COc1ccc(S(N)(=O)=O)cc1C(=O)OCC(=O)c1c(N)n(C)c(=O)n(C)c1=O. The molecule has 0 fully saturated rings. The largest absolute Gasteiger partial charge is 0.496 e. The molecule has 2 rings (SSSR count). The Bertz CT molecular complexity index is 1230. The number of nitrogen functional groups attached to an aromatic ring is 1. The van der Waals surface area contributed by atoms with Crippen LogP contribution in [0.5, 0.6) is 5.75 Å². The van der Waals surface area contributed by atoms with Crippen molar-refractivity contribution in [3.63, 3.8) is 0 Å². The van der Waals surface area contributed by atoms with Crippen LogP contribution in [-0.2, 0) is 28.9 Å². The monoisotopic (exact) mass is 426 g/mol. The molecule has 0 saturated heterocycles. The zero-order valence-corrected chi connectivity index (χ0v) is 16.5. The van der Waals surface area contributed by atoms with E-state index in [1.165, 1.54) is 20.2 Å². The molecule has 0 unspecified atom stereocenters. The second-order valence-corrected chi connectivity index (χ2v) is 7.43. The maximum Gasteiger partial charge on any atom is 0.342 e. The van der Waals surface area contributed by atoms with Gasteiger partial charge >= 0.3 is 11.7 Å². The van der Waals surface area contributed by atoms with Crippen LogP contribution in [0.2, 0.25) is 0 Å². The number of ketones is 1.